The number of carbonyl (C=O) groups excluding carboxylic acids is 1. The summed E-state index contributed by atoms with van der Waals surface area (Å²) in [5.41, 5.74) is 5.27. The van der Waals surface area contributed by atoms with Gasteiger partial charge in [-0.05, 0) is 34.9 Å². The van der Waals surface area contributed by atoms with Gasteiger partial charge in [0, 0.05) is 31.8 Å². The van der Waals surface area contributed by atoms with Gasteiger partial charge in [0.05, 0.1) is 0 Å². The van der Waals surface area contributed by atoms with Crippen LogP contribution in [0.15, 0.2) is 48.5 Å². The third-order valence-electron chi connectivity index (χ3n) is 3.68. The number of carbonyl (C=O) groups is 1. The summed E-state index contributed by atoms with van der Waals surface area (Å²) in [4.78, 5) is 14.2. The first kappa shape index (κ1) is 12.7. The van der Waals surface area contributed by atoms with Crippen molar-refractivity contribution in [2.45, 2.75) is 6.42 Å². The fourth-order valence-electron chi connectivity index (χ4n) is 2.55. The summed E-state index contributed by atoms with van der Waals surface area (Å²) in [6.45, 7) is 0. The maximum absolute atomic E-state index is 12.1. The predicted octanol–water partition coefficient (Wildman–Crippen LogP) is 3.42. The largest absolute Gasteiger partial charge is 0.378 e. The van der Waals surface area contributed by atoms with E-state index in [9.17, 15) is 4.79 Å². The second-order valence-corrected chi connectivity index (χ2v) is 5.30. The van der Waals surface area contributed by atoms with Gasteiger partial charge in [0.2, 0.25) is 0 Å². The molecule has 2 heteroatoms. The Morgan fingerprint density at radius 1 is 1.00 bits per heavy atom. The Bertz CT molecular complexity index is 681. The molecule has 0 amide bonds. The molecule has 1 aliphatic carbocycles. The zero-order valence-corrected chi connectivity index (χ0v) is 11.8. The summed E-state index contributed by atoms with van der Waals surface area (Å²) in [7, 11) is 4.04. The molecule has 0 atom stereocenters. The molecule has 1 aliphatic rings. The molecule has 0 radical (unpaired) electrons. The topological polar surface area (TPSA) is 20.3 Å². The van der Waals surface area contributed by atoms with Crippen molar-refractivity contribution in [1.82, 2.24) is 0 Å². The summed E-state index contributed by atoms with van der Waals surface area (Å²) in [5, 5.41) is 0. The van der Waals surface area contributed by atoms with Crippen LogP contribution >= 0.6 is 0 Å². The molecule has 0 aromatic heterocycles. The molecule has 0 saturated heterocycles. The van der Waals surface area contributed by atoms with Gasteiger partial charge in [-0.2, -0.15) is 0 Å². The van der Waals surface area contributed by atoms with Crippen molar-refractivity contribution in [1.29, 1.82) is 0 Å². The van der Waals surface area contributed by atoms with Crippen LogP contribution in [0.25, 0.3) is 11.6 Å². The molecule has 0 fully saturated rings. The van der Waals surface area contributed by atoms with Crippen molar-refractivity contribution in [2.75, 3.05) is 19.0 Å². The normalized spacial score (nSPS) is 15.5. The highest BCUT2D eigenvalue weighted by Crippen LogP contribution is 2.31. The average molecular weight is 263 g/mol. The molecule has 20 heavy (non-hydrogen) atoms. The number of fused-ring (bicyclic) bond motifs is 1. The second-order valence-electron chi connectivity index (χ2n) is 5.30. The first-order valence-corrected chi connectivity index (χ1v) is 6.76. The number of hydrogen-bond acceptors (Lipinski definition) is 2. The van der Waals surface area contributed by atoms with E-state index >= 15 is 0 Å². The van der Waals surface area contributed by atoms with Crippen LogP contribution in [-0.4, -0.2) is 19.9 Å². The fraction of sp³-hybridized carbons (Fsp3) is 0.167. The Labute approximate surface area is 119 Å². The van der Waals surface area contributed by atoms with Crippen LogP contribution in [0.4, 0.5) is 5.69 Å². The lowest BCUT2D eigenvalue weighted by Gasteiger charge is -2.12. The average Bonchev–Trinajstić information content (AvgIpc) is 2.76. The first-order chi connectivity index (χ1) is 9.65. The number of hydrogen-bond donors (Lipinski definition) is 0. The summed E-state index contributed by atoms with van der Waals surface area (Å²) >= 11 is 0. The molecule has 0 unspecified atom stereocenters. The molecule has 2 aromatic rings. The minimum atomic E-state index is 0.211. The molecule has 0 aliphatic heterocycles. The van der Waals surface area contributed by atoms with Crippen LogP contribution in [0, 0.1) is 0 Å². The summed E-state index contributed by atoms with van der Waals surface area (Å²) in [6, 6.07) is 16.3. The lowest BCUT2D eigenvalue weighted by atomic mass is 10.0. The number of benzene rings is 2. The van der Waals surface area contributed by atoms with Crippen LogP contribution in [-0.2, 0) is 11.2 Å². The van der Waals surface area contributed by atoms with E-state index in [-0.39, 0.29) is 5.78 Å². The molecule has 0 bridgehead atoms. The van der Waals surface area contributed by atoms with Crippen molar-refractivity contribution < 1.29 is 4.79 Å². The second kappa shape index (κ2) is 4.97. The van der Waals surface area contributed by atoms with Gasteiger partial charge in [0.1, 0.15) is 0 Å². The van der Waals surface area contributed by atoms with Gasteiger partial charge >= 0.3 is 0 Å². The molecule has 2 aromatic carbocycles. The highest BCUT2D eigenvalue weighted by atomic mass is 16.1. The number of nitrogens with zero attached hydrogens (tertiary/aromatic N) is 1. The molecule has 0 N–H and O–H groups in total. The predicted molar refractivity (Wildman–Crippen MR) is 83.8 cm³/mol. The van der Waals surface area contributed by atoms with E-state index in [0.29, 0.717) is 6.42 Å². The molecule has 3 rings (SSSR count). The van der Waals surface area contributed by atoms with E-state index in [0.717, 1.165) is 28.0 Å². The SMILES string of the molecule is CN(C)c1ccc(/C=C2\C(=O)Cc3ccccc32)cc1. The first-order valence-electron chi connectivity index (χ1n) is 6.76. The number of allylic oxidation sites excluding steroid dienone is 1. The highest BCUT2D eigenvalue weighted by molar-refractivity contribution is 6.29. The van der Waals surface area contributed by atoms with Crippen molar-refractivity contribution >= 4 is 23.1 Å². The van der Waals surface area contributed by atoms with Crippen LogP contribution in [0.2, 0.25) is 0 Å². The Hall–Kier alpha value is -2.35. The summed E-state index contributed by atoms with van der Waals surface area (Å²) in [6.07, 6.45) is 2.52. The van der Waals surface area contributed by atoms with Gasteiger partial charge in [0.25, 0.3) is 0 Å². The van der Waals surface area contributed by atoms with Crippen molar-refractivity contribution in [3.05, 3.63) is 65.2 Å². The molecule has 0 heterocycles. The van der Waals surface area contributed by atoms with Gasteiger partial charge in [-0.3, -0.25) is 4.79 Å². The minimum Gasteiger partial charge on any atom is -0.378 e. The van der Waals surface area contributed by atoms with E-state index in [4.69, 9.17) is 0 Å². The molecular formula is C18H17NO. The van der Waals surface area contributed by atoms with Crippen LogP contribution in [0.3, 0.4) is 0 Å². The Kier molecular flexibility index (Phi) is 3.15. The minimum absolute atomic E-state index is 0.211. The van der Waals surface area contributed by atoms with E-state index in [2.05, 4.69) is 29.2 Å². The van der Waals surface area contributed by atoms with E-state index in [1.165, 1.54) is 0 Å². The van der Waals surface area contributed by atoms with Gasteiger partial charge in [-0.15, -0.1) is 0 Å². The number of Topliss-reactive ketones (excluding diaryl/α,β-unsaturated/α-hetero) is 1. The van der Waals surface area contributed by atoms with Gasteiger partial charge in [0.15, 0.2) is 5.78 Å². The Morgan fingerprint density at radius 3 is 2.40 bits per heavy atom. The van der Waals surface area contributed by atoms with Crippen molar-refractivity contribution in [3.8, 4) is 0 Å². The molecular weight excluding hydrogens is 246 g/mol. The third kappa shape index (κ3) is 2.25. The molecule has 2 nitrogen and oxygen atoms in total. The van der Waals surface area contributed by atoms with Crippen molar-refractivity contribution in [3.63, 3.8) is 0 Å². The fourth-order valence-corrected chi connectivity index (χ4v) is 2.55. The van der Waals surface area contributed by atoms with Crippen LogP contribution in [0.1, 0.15) is 16.7 Å². The van der Waals surface area contributed by atoms with E-state index < -0.39 is 0 Å². The zero-order chi connectivity index (χ0) is 14.1. The van der Waals surface area contributed by atoms with E-state index in [1.54, 1.807) is 0 Å². The number of ketones is 1. The van der Waals surface area contributed by atoms with Gasteiger partial charge in [-0.25, -0.2) is 0 Å². The molecule has 0 saturated carbocycles. The quantitative estimate of drug-likeness (QED) is 0.774. The summed E-state index contributed by atoms with van der Waals surface area (Å²) < 4.78 is 0. The number of anilines is 1. The monoisotopic (exact) mass is 263 g/mol. The van der Waals surface area contributed by atoms with Crippen LogP contribution in [0.5, 0.6) is 0 Å². The number of rotatable bonds is 2. The molecule has 0 spiro atoms. The lowest BCUT2D eigenvalue weighted by Crippen LogP contribution is -2.07. The van der Waals surface area contributed by atoms with Gasteiger partial charge < -0.3 is 4.90 Å². The smallest absolute Gasteiger partial charge is 0.167 e. The standard InChI is InChI=1S/C18H17NO/c1-19(2)15-9-7-13(8-10-15)11-17-16-6-4-3-5-14(16)12-18(17)20/h3-11H,12H2,1-2H3/b17-11-. The Morgan fingerprint density at radius 2 is 1.70 bits per heavy atom. The highest BCUT2D eigenvalue weighted by Gasteiger charge is 2.23. The maximum Gasteiger partial charge on any atom is 0.167 e. The third-order valence-corrected chi connectivity index (χ3v) is 3.68. The van der Waals surface area contributed by atoms with Crippen LogP contribution < -0.4 is 4.90 Å². The lowest BCUT2D eigenvalue weighted by molar-refractivity contribution is -0.112. The zero-order valence-electron chi connectivity index (χ0n) is 11.8. The van der Waals surface area contributed by atoms with Crippen molar-refractivity contribution in [2.24, 2.45) is 0 Å². The Balaban J connectivity index is 1.98. The van der Waals surface area contributed by atoms with E-state index in [1.807, 2.05) is 44.4 Å². The maximum atomic E-state index is 12.1. The van der Waals surface area contributed by atoms with Gasteiger partial charge in [-0.1, -0.05) is 36.4 Å². The summed E-state index contributed by atoms with van der Waals surface area (Å²) in [5.74, 6) is 0.211. The molecule has 100 valence electrons.